The minimum Gasteiger partial charge on any atom is -0.489 e. The van der Waals surface area contributed by atoms with Gasteiger partial charge in [-0.2, -0.15) is 0 Å². The molecule has 0 spiro atoms. The van der Waals surface area contributed by atoms with Crippen LogP contribution in [0.2, 0.25) is 0 Å². The highest BCUT2D eigenvalue weighted by Crippen LogP contribution is 2.29. The van der Waals surface area contributed by atoms with Crippen molar-refractivity contribution in [3.8, 4) is 17.0 Å². The molecule has 136 valence electrons. The molecule has 4 nitrogen and oxygen atoms in total. The van der Waals surface area contributed by atoms with Gasteiger partial charge in [-0.05, 0) is 24.3 Å². The van der Waals surface area contributed by atoms with E-state index in [-0.39, 0.29) is 5.56 Å². The molecule has 0 bridgehead atoms. The van der Waals surface area contributed by atoms with E-state index in [1.165, 1.54) is 29.5 Å². The number of thiazole rings is 1. The number of para-hydroxylation sites is 2. The third-order valence-electron chi connectivity index (χ3n) is 3.63. The van der Waals surface area contributed by atoms with E-state index >= 15 is 0 Å². The van der Waals surface area contributed by atoms with E-state index in [0.29, 0.717) is 36.2 Å². The summed E-state index contributed by atoms with van der Waals surface area (Å²) in [4.78, 5) is 4.34. The zero-order chi connectivity index (χ0) is 18.4. The summed E-state index contributed by atoms with van der Waals surface area (Å²) in [6, 6.07) is 11.3. The quantitative estimate of drug-likeness (QED) is 0.578. The van der Waals surface area contributed by atoms with Crippen LogP contribution in [0.4, 0.5) is 14.5 Å². The molecule has 0 aliphatic heterocycles. The number of nitrogens with zero attached hydrogens (tertiary/aromatic N) is 1. The lowest BCUT2D eigenvalue weighted by Crippen LogP contribution is -2.07. The molecule has 0 unspecified atom stereocenters. The molecule has 1 N–H and O–H groups in total. The largest absolute Gasteiger partial charge is 0.489 e. The van der Waals surface area contributed by atoms with Crippen molar-refractivity contribution >= 4 is 17.0 Å². The summed E-state index contributed by atoms with van der Waals surface area (Å²) in [7, 11) is 1.62. The molecule has 0 fully saturated rings. The summed E-state index contributed by atoms with van der Waals surface area (Å²) in [5.74, 6) is -0.528. The Bertz CT molecular complexity index is 850. The van der Waals surface area contributed by atoms with Gasteiger partial charge in [-0.15, -0.1) is 11.3 Å². The molecule has 3 aromatic rings. The Morgan fingerprint density at radius 2 is 1.81 bits per heavy atom. The first-order valence-electron chi connectivity index (χ1n) is 8.02. The first-order valence-corrected chi connectivity index (χ1v) is 8.90. The van der Waals surface area contributed by atoms with Gasteiger partial charge in [0.1, 0.15) is 29.0 Å². The number of anilines is 1. The lowest BCUT2D eigenvalue weighted by Gasteiger charge is -2.12. The average molecular weight is 376 g/mol. The summed E-state index contributed by atoms with van der Waals surface area (Å²) in [5.41, 5.74) is 1.02. The van der Waals surface area contributed by atoms with Gasteiger partial charge in [0, 0.05) is 12.5 Å². The third-order valence-corrected chi connectivity index (χ3v) is 4.48. The number of rotatable bonds is 8. The number of methoxy groups -OCH3 is 1. The second-order valence-electron chi connectivity index (χ2n) is 5.41. The van der Waals surface area contributed by atoms with E-state index in [0.717, 1.165) is 5.69 Å². The van der Waals surface area contributed by atoms with Gasteiger partial charge in [-0.3, -0.25) is 0 Å². The zero-order valence-corrected chi connectivity index (χ0v) is 15.0. The smallest absolute Gasteiger partial charge is 0.142 e. The second-order valence-corrected chi connectivity index (χ2v) is 6.36. The lowest BCUT2D eigenvalue weighted by molar-refractivity contribution is 0.146. The van der Waals surface area contributed by atoms with Crippen LogP contribution < -0.4 is 10.1 Å². The maximum absolute atomic E-state index is 13.9. The fourth-order valence-corrected chi connectivity index (χ4v) is 3.12. The highest BCUT2D eigenvalue weighted by atomic mass is 32.1. The molecular weight excluding hydrogens is 358 g/mol. The fourth-order valence-electron chi connectivity index (χ4n) is 2.39. The van der Waals surface area contributed by atoms with Crippen molar-refractivity contribution in [3.63, 3.8) is 0 Å². The van der Waals surface area contributed by atoms with Gasteiger partial charge in [0.15, 0.2) is 0 Å². The zero-order valence-electron chi connectivity index (χ0n) is 14.2. The molecule has 0 aliphatic carbocycles. The second kappa shape index (κ2) is 8.73. The van der Waals surface area contributed by atoms with E-state index in [9.17, 15) is 8.78 Å². The van der Waals surface area contributed by atoms with Crippen LogP contribution in [0.1, 0.15) is 5.01 Å². The van der Waals surface area contributed by atoms with Crippen LogP contribution in [0.25, 0.3) is 11.3 Å². The van der Waals surface area contributed by atoms with Crippen LogP contribution in [-0.2, 0) is 11.3 Å². The van der Waals surface area contributed by atoms with Crippen molar-refractivity contribution in [2.24, 2.45) is 0 Å². The number of hydrogen-bond donors (Lipinski definition) is 1. The molecule has 26 heavy (non-hydrogen) atoms. The standard InChI is InChI=1S/C19H18F2N2O2S/c1-24-9-10-25-17-8-3-2-7-15(17)22-11-18-23-16(12-26-18)19-13(20)5-4-6-14(19)21/h2-8,12,22H,9-11H2,1H3. The van der Waals surface area contributed by atoms with Gasteiger partial charge < -0.3 is 14.8 Å². The highest BCUT2D eigenvalue weighted by Gasteiger charge is 2.14. The van der Waals surface area contributed by atoms with E-state index < -0.39 is 11.6 Å². The molecule has 0 radical (unpaired) electrons. The Morgan fingerprint density at radius 1 is 1.04 bits per heavy atom. The Kier molecular flexibility index (Phi) is 6.14. The Balaban J connectivity index is 1.69. The number of benzene rings is 2. The predicted molar refractivity (Wildman–Crippen MR) is 98.6 cm³/mol. The molecule has 3 rings (SSSR count). The first-order chi connectivity index (χ1) is 12.7. The summed E-state index contributed by atoms with van der Waals surface area (Å²) >= 11 is 1.34. The van der Waals surface area contributed by atoms with E-state index in [1.807, 2.05) is 24.3 Å². The normalized spacial score (nSPS) is 10.7. The van der Waals surface area contributed by atoms with Gasteiger partial charge >= 0.3 is 0 Å². The van der Waals surface area contributed by atoms with Crippen LogP contribution >= 0.6 is 11.3 Å². The molecule has 1 aromatic heterocycles. The minimum atomic E-state index is -0.619. The molecule has 0 saturated heterocycles. The van der Waals surface area contributed by atoms with Gasteiger partial charge in [0.25, 0.3) is 0 Å². The number of aromatic nitrogens is 1. The maximum atomic E-state index is 13.9. The number of hydrogen-bond acceptors (Lipinski definition) is 5. The molecule has 1 heterocycles. The van der Waals surface area contributed by atoms with Crippen molar-refractivity contribution in [2.75, 3.05) is 25.6 Å². The Hall–Kier alpha value is -2.51. The van der Waals surface area contributed by atoms with Crippen molar-refractivity contribution in [1.82, 2.24) is 4.98 Å². The molecule has 0 aliphatic rings. The molecule has 0 amide bonds. The first kappa shape index (κ1) is 18.3. The molecule has 0 saturated carbocycles. The lowest BCUT2D eigenvalue weighted by atomic mass is 10.1. The summed E-state index contributed by atoms with van der Waals surface area (Å²) < 4.78 is 38.4. The minimum absolute atomic E-state index is 0.0988. The van der Waals surface area contributed by atoms with Crippen LogP contribution in [0, 0.1) is 11.6 Å². The summed E-state index contributed by atoms with van der Waals surface area (Å²) in [6.07, 6.45) is 0. The molecule has 0 atom stereocenters. The summed E-state index contributed by atoms with van der Waals surface area (Å²) in [5, 5.41) is 5.61. The van der Waals surface area contributed by atoms with Crippen LogP contribution in [0.3, 0.4) is 0 Å². The maximum Gasteiger partial charge on any atom is 0.142 e. The van der Waals surface area contributed by atoms with Crippen LogP contribution in [0.15, 0.2) is 47.8 Å². The van der Waals surface area contributed by atoms with E-state index in [1.54, 1.807) is 12.5 Å². The highest BCUT2D eigenvalue weighted by molar-refractivity contribution is 7.10. The van der Waals surface area contributed by atoms with Crippen LogP contribution in [0.5, 0.6) is 5.75 Å². The average Bonchev–Trinajstić information content (AvgIpc) is 3.09. The van der Waals surface area contributed by atoms with Gasteiger partial charge in [-0.1, -0.05) is 18.2 Å². The van der Waals surface area contributed by atoms with Gasteiger partial charge in [0.2, 0.25) is 0 Å². The Labute approximate surface area is 154 Å². The SMILES string of the molecule is COCCOc1ccccc1NCc1nc(-c2c(F)cccc2F)cs1. The number of nitrogens with one attached hydrogen (secondary N) is 1. The monoisotopic (exact) mass is 376 g/mol. The van der Waals surface area contributed by atoms with Crippen molar-refractivity contribution in [1.29, 1.82) is 0 Å². The van der Waals surface area contributed by atoms with Crippen LogP contribution in [-0.4, -0.2) is 25.3 Å². The molecular formula is C19H18F2N2O2S. The van der Waals surface area contributed by atoms with Gasteiger partial charge in [-0.25, -0.2) is 13.8 Å². The van der Waals surface area contributed by atoms with E-state index in [4.69, 9.17) is 9.47 Å². The van der Waals surface area contributed by atoms with Crippen molar-refractivity contribution in [3.05, 3.63) is 64.5 Å². The third kappa shape index (κ3) is 4.36. The van der Waals surface area contributed by atoms with E-state index in [2.05, 4.69) is 10.3 Å². The Morgan fingerprint density at radius 3 is 2.58 bits per heavy atom. The van der Waals surface area contributed by atoms with Gasteiger partial charge in [0.05, 0.1) is 30.1 Å². The fraction of sp³-hybridized carbons (Fsp3) is 0.211. The topological polar surface area (TPSA) is 43.4 Å². The van der Waals surface area contributed by atoms with Crippen molar-refractivity contribution in [2.45, 2.75) is 6.54 Å². The summed E-state index contributed by atoms with van der Waals surface area (Å²) in [6.45, 7) is 1.37. The predicted octanol–water partition coefficient (Wildman–Crippen LogP) is 4.73. The molecule has 7 heteroatoms. The van der Waals surface area contributed by atoms with Crippen molar-refractivity contribution < 1.29 is 18.3 Å². The number of halogens is 2. The number of ether oxygens (including phenoxy) is 2. The molecule has 2 aromatic carbocycles.